The fraction of sp³-hybridized carbons (Fsp3) is 1.00. The molecule has 1 saturated heterocycles. The van der Waals surface area contributed by atoms with Crippen LogP contribution in [0.2, 0.25) is 0 Å². The van der Waals surface area contributed by atoms with Crippen LogP contribution in [0.5, 0.6) is 0 Å². The van der Waals surface area contributed by atoms with Crippen LogP contribution in [0, 0.1) is 5.92 Å². The van der Waals surface area contributed by atoms with Crippen LogP contribution in [0.3, 0.4) is 0 Å². The van der Waals surface area contributed by atoms with Crippen LogP contribution in [0.25, 0.3) is 0 Å². The van der Waals surface area contributed by atoms with Gasteiger partial charge in [-0.15, -0.1) is 0 Å². The van der Waals surface area contributed by atoms with Crippen LogP contribution in [-0.2, 0) is 4.74 Å². The average molecular weight is 199 g/mol. The predicted octanol–water partition coefficient (Wildman–Crippen LogP) is 0.914. The molecule has 3 heteroatoms. The summed E-state index contributed by atoms with van der Waals surface area (Å²) in [6.07, 6.45) is 4.85. The van der Waals surface area contributed by atoms with Gasteiger partial charge >= 0.3 is 0 Å². The third kappa shape index (κ3) is 2.94. The second-order valence-corrected chi connectivity index (χ2v) is 4.72. The molecule has 3 unspecified atom stereocenters. The molecular weight excluding hydrogens is 178 g/mol. The van der Waals surface area contributed by atoms with E-state index in [1.165, 1.54) is 12.8 Å². The highest BCUT2D eigenvalue weighted by molar-refractivity contribution is 4.84. The largest absolute Gasteiger partial charge is 0.392 e. The maximum absolute atomic E-state index is 9.69. The Hall–Kier alpha value is -0.120. The Morgan fingerprint density at radius 2 is 2.21 bits per heavy atom. The molecule has 0 spiro atoms. The number of ether oxygens (including phenoxy) is 1. The van der Waals surface area contributed by atoms with Crippen molar-refractivity contribution in [1.82, 2.24) is 5.32 Å². The molecule has 3 atom stereocenters. The van der Waals surface area contributed by atoms with Crippen LogP contribution in [0.4, 0.5) is 0 Å². The molecule has 0 aromatic rings. The summed E-state index contributed by atoms with van der Waals surface area (Å²) in [5.74, 6) is 0.583. The Bertz CT molecular complexity index is 182. The van der Waals surface area contributed by atoms with Crippen molar-refractivity contribution in [2.24, 2.45) is 5.92 Å². The molecule has 2 rings (SSSR count). The van der Waals surface area contributed by atoms with E-state index >= 15 is 0 Å². The van der Waals surface area contributed by atoms with Gasteiger partial charge in [0.15, 0.2) is 0 Å². The number of aliphatic hydroxyl groups is 1. The van der Waals surface area contributed by atoms with Crippen molar-refractivity contribution in [2.45, 2.75) is 50.9 Å². The van der Waals surface area contributed by atoms with Crippen molar-refractivity contribution in [1.29, 1.82) is 0 Å². The van der Waals surface area contributed by atoms with Gasteiger partial charge in [0.2, 0.25) is 0 Å². The molecule has 2 fully saturated rings. The number of hydrogen-bond donors (Lipinski definition) is 2. The van der Waals surface area contributed by atoms with Crippen molar-refractivity contribution < 1.29 is 9.84 Å². The summed E-state index contributed by atoms with van der Waals surface area (Å²) >= 11 is 0. The number of hydrogen-bond acceptors (Lipinski definition) is 3. The van der Waals surface area contributed by atoms with Gasteiger partial charge in [-0.25, -0.2) is 0 Å². The number of aliphatic hydroxyl groups excluding tert-OH is 1. The van der Waals surface area contributed by atoms with Crippen molar-refractivity contribution in [3.63, 3.8) is 0 Å². The molecule has 82 valence electrons. The Morgan fingerprint density at radius 1 is 1.43 bits per heavy atom. The highest BCUT2D eigenvalue weighted by Gasteiger charge is 2.30. The lowest BCUT2D eigenvalue weighted by atomic mass is 10.0. The first kappa shape index (κ1) is 10.4. The van der Waals surface area contributed by atoms with Gasteiger partial charge in [-0.2, -0.15) is 0 Å². The van der Waals surface area contributed by atoms with E-state index in [0.29, 0.717) is 18.1 Å². The van der Waals surface area contributed by atoms with E-state index in [1.54, 1.807) is 0 Å². The molecule has 0 amide bonds. The number of nitrogens with one attached hydrogen (secondary N) is 1. The van der Waals surface area contributed by atoms with E-state index in [2.05, 4.69) is 12.2 Å². The Balaban J connectivity index is 1.63. The minimum atomic E-state index is -0.117. The fourth-order valence-electron chi connectivity index (χ4n) is 2.12. The van der Waals surface area contributed by atoms with Gasteiger partial charge in [-0.1, -0.05) is 0 Å². The van der Waals surface area contributed by atoms with Crippen molar-refractivity contribution in [2.75, 3.05) is 13.2 Å². The maximum Gasteiger partial charge on any atom is 0.0692 e. The lowest BCUT2D eigenvalue weighted by Crippen LogP contribution is -2.41. The van der Waals surface area contributed by atoms with Crippen LogP contribution < -0.4 is 5.32 Å². The van der Waals surface area contributed by atoms with Crippen LogP contribution in [0.1, 0.15) is 32.6 Å². The first-order chi connectivity index (χ1) is 6.75. The fourth-order valence-corrected chi connectivity index (χ4v) is 2.12. The van der Waals surface area contributed by atoms with Gasteiger partial charge in [0.1, 0.15) is 0 Å². The SMILES string of the molecule is CC1CC(NCC(O)C2CC2)CCO1. The highest BCUT2D eigenvalue weighted by Crippen LogP contribution is 2.32. The van der Waals surface area contributed by atoms with Crippen LogP contribution >= 0.6 is 0 Å². The highest BCUT2D eigenvalue weighted by atomic mass is 16.5. The first-order valence-electron chi connectivity index (χ1n) is 5.78. The molecule has 2 N–H and O–H groups in total. The van der Waals surface area contributed by atoms with Gasteiger partial charge < -0.3 is 15.2 Å². The summed E-state index contributed by atoms with van der Waals surface area (Å²) in [5.41, 5.74) is 0. The van der Waals surface area contributed by atoms with Crippen molar-refractivity contribution >= 4 is 0 Å². The van der Waals surface area contributed by atoms with Gasteiger partial charge in [-0.05, 0) is 38.5 Å². The quantitative estimate of drug-likeness (QED) is 0.707. The van der Waals surface area contributed by atoms with Gasteiger partial charge in [0.25, 0.3) is 0 Å². The normalized spacial score (nSPS) is 35.6. The summed E-state index contributed by atoms with van der Waals surface area (Å²) in [6.45, 7) is 3.74. The third-order valence-electron chi connectivity index (χ3n) is 3.27. The summed E-state index contributed by atoms with van der Waals surface area (Å²) in [7, 11) is 0. The molecule has 3 nitrogen and oxygen atoms in total. The van der Waals surface area contributed by atoms with Crippen molar-refractivity contribution in [3.05, 3.63) is 0 Å². The molecule has 0 aromatic heterocycles. The second-order valence-electron chi connectivity index (χ2n) is 4.72. The minimum absolute atomic E-state index is 0.117. The zero-order valence-corrected chi connectivity index (χ0v) is 8.91. The summed E-state index contributed by atoms with van der Waals surface area (Å²) in [5, 5.41) is 13.1. The zero-order valence-electron chi connectivity index (χ0n) is 8.91. The minimum Gasteiger partial charge on any atom is -0.392 e. The molecule has 0 bridgehead atoms. The summed E-state index contributed by atoms with van der Waals surface area (Å²) in [6, 6.07) is 0.548. The van der Waals surface area contributed by atoms with Crippen LogP contribution in [0.15, 0.2) is 0 Å². The standard InChI is InChI=1S/C11H21NO2/c1-8-6-10(4-5-14-8)12-7-11(13)9-2-3-9/h8-13H,2-7H2,1H3. The molecular formula is C11H21NO2. The molecule has 2 aliphatic rings. The molecule has 1 saturated carbocycles. The van der Waals surface area contributed by atoms with Crippen LogP contribution in [-0.4, -0.2) is 36.5 Å². The topological polar surface area (TPSA) is 41.5 Å². The monoisotopic (exact) mass is 199 g/mol. The summed E-state index contributed by atoms with van der Waals surface area (Å²) < 4.78 is 5.47. The second kappa shape index (κ2) is 4.60. The molecule has 1 aliphatic carbocycles. The smallest absolute Gasteiger partial charge is 0.0692 e. The first-order valence-corrected chi connectivity index (χ1v) is 5.78. The predicted molar refractivity (Wildman–Crippen MR) is 55.2 cm³/mol. The lowest BCUT2D eigenvalue weighted by Gasteiger charge is -2.28. The summed E-state index contributed by atoms with van der Waals surface area (Å²) in [4.78, 5) is 0. The van der Waals surface area contributed by atoms with E-state index < -0.39 is 0 Å². The lowest BCUT2D eigenvalue weighted by molar-refractivity contribution is 0.0105. The zero-order chi connectivity index (χ0) is 9.97. The van der Waals surface area contributed by atoms with E-state index in [-0.39, 0.29) is 6.10 Å². The molecule has 0 radical (unpaired) electrons. The molecule has 1 heterocycles. The number of rotatable bonds is 4. The van der Waals surface area contributed by atoms with Gasteiger partial charge in [0, 0.05) is 19.2 Å². The third-order valence-corrected chi connectivity index (χ3v) is 3.27. The molecule has 14 heavy (non-hydrogen) atoms. The Labute approximate surface area is 85.8 Å². The van der Waals surface area contributed by atoms with E-state index in [0.717, 1.165) is 26.0 Å². The van der Waals surface area contributed by atoms with E-state index in [9.17, 15) is 5.11 Å². The Morgan fingerprint density at radius 3 is 2.86 bits per heavy atom. The Kier molecular flexibility index (Phi) is 3.42. The van der Waals surface area contributed by atoms with Gasteiger partial charge in [0.05, 0.1) is 12.2 Å². The van der Waals surface area contributed by atoms with Crippen molar-refractivity contribution in [3.8, 4) is 0 Å². The molecule has 1 aliphatic heterocycles. The molecule has 0 aromatic carbocycles. The average Bonchev–Trinajstić information content (AvgIpc) is 2.97. The van der Waals surface area contributed by atoms with E-state index in [4.69, 9.17) is 4.74 Å². The van der Waals surface area contributed by atoms with Gasteiger partial charge in [-0.3, -0.25) is 0 Å². The van der Waals surface area contributed by atoms with E-state index in [1.807, 2.05) is 0 Å². The maximum atomic E-state index is 9.69.